The second-order valence-corrected chi connectivity index (χ2v) is 9.30. The highest BCUT2D eigenvalue weighted by atomic mass is 32.2. The lowest BCUT2D eigenvalue weighted by Crippen LogP contribution is -2.34. The van der Waals surface area contributed by atoms with Crippen molar-refractivity contribution in [3.8, 4) is 0 Å². The van der Waals surface area contributed by atoms with E-state index in [0.717, 1.165) is 36.7 Å². The summed E-state index contributed by atoms with van der Waals surface area (Å²) >= 11 is 0. The van der Waals surface area contributed by atoms with Gasteiger partial charge >= 0.3 is 0 Å². The number of hydrogen-bond acceptors (Lipinski definition) is 4. The molecule has 2 aliphatic heterocycles. The van der Waals surface area contributed by atoms with Crippen LogP contribution in [0.4, 0.5) is 10.1 Å². The number of nitrogens with zero attached hydrogens (tertiary/aromatic N) is 1. The van der Waals surface area contributed by atoms with Crippen molar-refractivity contribution in [2.75, 3.05) is 18.5 Å². The van der Waals surface area contributed by atoms with Crippen molar-refractivity contribution in [1.82, 2.24) is 5.32 Å². The summed E-state index contributed by atoms with van der Waals surface area (Å²) < 4.78 is 39.4. The molecule has 3 atom stereocenters. The smallest absolute Gasteiger partial charge is 0.206 e. The number of nitrogens with one attached hydrogen (secondary N) is 1. The molecule has 1 unspecified atom stereocenters. The van der Waals surface area contributed by atoms with E-state index >= 15 is 0 Å². The molecule has 1 fully saturated rings. The van der Waals surface area contributed by atoms with Crippen LogP contribution in [0, 0.1) is 5.82 Å². The van der Waals surface area contributed by atoms with E-state index in [4.69, 9.17) is 0 Å². The number of hydrogen-bond donors (Lipinski definition) is 1. The van der Waals surface area contributed by atoms with Crippen molar-refractivity contribution in [3.63, 3.8) is 0 Å². The zero-order chi connectivity index (χ0) is 18.5. The van der Waals surface area contributed by atoms with Crippen LogP contribution in [0.5, 0.6) is 0 Å². The Kier molecular flexibility index (Phi) is 4.28. The number of halogens is 1. The lowest BCUT2D eigenvalue weighted by Gasteiger charge is -2.26. The third-order valence-electron chi connectivity index (χ3n) is 5.70. The van der Waals surface area contributed by atoms with Crippen LogP contribution in [0.2, 0.25) is 0 Å². The average Bonchev–Trinajstić information content (AvgIpc) is 2.76. The average molecular weight is 374 g/mol. The summed E-state index contributed by atoms with van der Waals surface area (Å²) in [7, 11) is -1.65. The minimum atomic E-state index is -3.73. The van der Waals surface area contributed by atoms with Gasteiger partial charge in [0.2, 0.25) is 9.84 Å². The summed E-state index contributed by atoms with van der Waals surface area (Å²) in [6.45, 7) is 3.12. The van der Waals surface area contributed by atoms with Gasteiger partial charge in [-0.1, -0.05) is 6.07 Å². The maximum Gasteiger partial charge on any atom is 0.206 e. The van der Waals surface area contributed by atoms with Crippen LogP contribution in [-0.2, 0) is 9.84 Å². The van der Waals surface area contributed by atoms with Gasteiger partial charge < -0.3 is 10.2 Å². The van der Waals surface area contributed by atoms with Crippen LogP contribution in [0.25, 0.3) is 0 Å². The fourth-order valence-electron chi connectivity index (χ4n) is 4.35. The number of anilines is 1. The number of rotatable bonds is 2. The van der Waals surface area contributed by atoms with Gasteiger partial charge in [-0.05, 0) is 68.3 Å². The molecule has 2 aromatic carbocycles. The predicted molar refractivity (Wildman–Crippen MR) is 99.9 cm³/mol. The number of sulfone groups is 1. The van der Waals surface area contributed by atoms with E-state index in [-0.39, 0.29) is 9.79 Å². The van der Waals surface area contributed by atoms with Crippen molar-refractivity contribution in [1.29, 1.82) is 0 Å². The van der Waals surface area contributed by atoms with E-state index < -0.39 is 15.7 Å². The van der Waals surface area contributed by atoms with Crippen molar-refractivity contribution in [2.45, 2.75) is 47.6 Å². The molecule has 0 spiro atoms. The Balaban J connectivity index is 1.77. The second-order valence-electron chi connectivity index (χ2n) is 7.35. The van der Waals surface area contributed by atoms with Crippen molar-refractivity contribution < 1.29 is 12.8 Å². The first kappa shape index (κ1) is 17.5. The van der Waals surface area contributed by atoms with Crippen molar-refractivity contribution in [3.05, 3.63) is 53.8 Å². The summed E-state index contributed by atoms with van der Waals surface area (Å²) in [6.07, 6.45) is 2.01. The van der Waals surface area contributed by atoms with Gasteiger partial charge in [0.1, 0.15) is 5.82 Å². The van der Waals surface area contributed by atoms with E-state index in [1.165, 1.54) is 18.2 Å². The summed E-state index contributed by atoms with van der Waals surface area (Å²) in [6, 6.07) is 11.4. The first-order valence-electron chi connectivity index (χ1n) is 8.99. The maximum atomic E-state index is 13.5. The van der Waals surface area contributed by atoms with E-state index in [9.17, 15) is 12.8 Å². The zero-order valence-corrected chi connectivity index (χ0v) is 15.8. The SMILES string of the molecule is CC1C[C@@H]2[C@H](CCN1)c1cc(S(=O)(=O)c3cccc(F)c3)ccc1N2C. The monoisotopic (exact) mass is 374 g/mol. The lowest BCUT2D eigenvalue weighted by atomic mass is 9.90. The van der Waals surface area contributed by atoms with Crippen LogP contribution in [0.15, 0.2) is 52.3 Å². The highest BCUT2D eigenvalue weighted by Crippen LogP contribution is 2.45. The van der Waals surface area contributed by atoms with Gasteiger partial charge in [0, 0.05) is 30.7 Å². The Morgan fingerprint density at radius 1 is 1.15 bits per heavy atom. The quantitative estimate of drug-likeness (QED) is 0.876. The third-order valence-corrected chi connectivity index (χ3v) is 7.45. The third kappa shape index (κ3) is 2.81. The van der Waals surface area contributed by atoms with Gasteiger partial charge in [0.05, 0.1) is 9.79 Å². The van der Waals surface area contributed by atoms with E-state index in [0.29, 0.717) is 18.0 Å². The van der Waals surface area contributed by atoms with Crippen molar-refractivity contribution >= 4 is 15.5 Å². The largest absolute Gasteiger partial charge is 0.371 e. The van der Waals surface area contributed by atoms with Crippen LogP contribution in [0.3, 0.4) is 0 Å². The molecule has 4 nitrogen and oxygen atoms in total. The summed E-state index contributed by atoms with van der Waals surface area (Å²) in [4.78, 5) is 2.51. The molecular weight excluding hydrogens is 351 g/mol. The number of benzene rings is 2. The topological polar surface area (TPSA) is 49.4 Å². The number of likely N-dealkylation sites (N-methyl/N-ethyl adjacent to an activating group) is 1. The van der Waals surface area contributed by atoms with Gasteiger partial charge in [0.25, 0.3) is 0 Å². The lowest BCUT2D eigenvalue weighted by molar-refractivity contribution is 0.487. The first-order chi connectivity index (χ1) is 12.4. The Hall–Kier alpha value is -1.92. The van der Waals surface area contributed by atoms with Crippen LogP contribution < -0.4 is 10.2 Å². The van der Waals surface area contributed by atoms with Crippen LogP contribution >= 0.6 is 0 Å². The molecule has 2 heterocycles. The van der Waals surface area contributed by atoms with Crippen LogP contribution in [-0.4, -0.2) is 34.1 Å². The Labute approximate surface area is 153 Å². The molecule has 2 aromatic rings. The molecule has 26 heavy (non-hydrogen) atoms. The van der Waals surface area contributed by atoms with Crippen LogP contribution in [0.1, 0.15) is 31.2 Å². The second kappa shape index (κ2) is 6.35. The molecule has 0 bridgehead atoms. The van der Waals surface area contributed by atoms with E-state index in [2.05, 4.69) is 24.2 Å². The Bertz CT molecular complexity index is 945. The van der Waals surface area contributed by atoms with Gasteiger partial charge in [-0.15, -0.1) is 0 Å². The standard InChI is InChI=1S/C20H23FN2O2S/c1-13-10-20-17(8-9-22-13)18-12-16(6-7-19(18)23(20)2)26(24,25)15-5-3-4-14(21)11-15/h3-7,11-13,17,20,22H,8-10H2,1-2H3/t13?,17-,20-/m1/s1. The molecule has 138 valence electrons. The molecule has 0 saturated carbocycles. The molecule has 0 amide bonds. The molecule has 1 N–H and O–H groups in total. The first-order valence-corrected chi connectivity index (χ1v) is 10.5. The molecule has 2 aliphatic rings. The fraction of sp³-hybridized carbons (Fsp3) is 0.400. The minimum absolute atomic E-state index is 0.00323. The van der Waals surface area contributed by atoms with E-state index in [1.807, 2.05) is 6.07 Å². The molecule has 0 aliphatic carbocycles. The highest BCUT2D eigenvalue weighted by molar-refractivity contribution is 7.91. The Morgan fingerprint density at radius 2 is 1.92 bits per heavy atom. The summed E-state index contributed by atoms with van der Waals surface area (Å²) in [5.74, 6) is -0.231. The molecular formula is C20H23FN2O2S. The summed E-state index contributed by atoms with van der Waals surface area (Å²) in [5, 5.41) is 3.51. The van der Waals surface area contributed by atoms with Gasteiger partial charge in [0.15, 0.2) is 0 Å². The fourth-order valence-corrected chi connectivity index (χ4v) is 5.67. The molecule has 6 heteroatoms. The normalized spacial score (nSPS) is 25.5. The molecule has 0 aromatic heterocycles. The Morgan fingerprint density at radius 3 is 2.69 bits per heavy atom. The zero-order valence-electron chi connectivity index (χ0n) is 14.9. The highest BCUT2D eigenvalue weighted by Gasteiger charge is 2.39. The molecule has 4 rings (SSSR count). The van der Waals surface area contributed by atoms with E-state index in [1.54, 1.807) is 12.1 Å². The molecule has 1 saturated heterocycles. The summed E-state index contributed by atoms with van der Waals surface area (Å²) in [5.41, 5.74) is 2.19. The minimum Gasteiger partial charge on any atom is -0.371 e. The molecule has 0 radical (unpaired) electrons. The number of fused-ring (bicyclic) bond motifs is 3. The van der Waals surface area contributed by atoms with Gasteiger partial charge in [-0.25, -0.2) is 12.8 Å². The maximum absolute atomic E-state index is 13.5. The van der Waals surface area contributed by atoms with Gasteiger partial charge in [-0.2, -0.15) is 0 Å². The van der Waals surface area contributed by atoms with Crippen molar-refractivity contribution in [2.24, 2.45) is 0 Å². The predicted octanol–water partition coefficient (Wildman–Crippen LogP) is 3.33. The van der Waals surface area contributed by atoms with Gasteiger partial charge in [-0.3, -0.25) is 0 Å².